The van der Waals surface area contributed by atoms with E-state index >= 15 is 0 Å². The van der Waals surface area contributed by atoms with Gasteiger partial charge in [0.25, 0.3) is 0 Å². The lowest BCUT2D eigenvalue weighted by Crippen LogP contribution is -2.44. The minimum Gasteiger partial charge on any atom is -0.352 e. The molecule has 0 atom stereocenters. The van der Waals surface area contributed by atoms with Crippen molar-refractivity contribution in [1.29, 1.82) is 0 Å². The molecule has 80 valence electrons. The van der Waals surface area contributed by atoms with Gasteiger partial charge in [0.1, 0.15) is 0 Å². The summed E-state index contributed by atoms with van der Waals surface area (Å²) in [5.41, 5.74) is 0.127. The molecule has 0 spiro atoms. The summed E-state index contributed by atoms with van der Waals surface area (Å²) in [5.74, 6) is 2.15. The highest BCUT2D eigenvalue weighted by atomic mass is 16.2. The topological polar surface area (TPSA) is 29.1 Å². The van der Waals surface area contributed by atoms with Crippen LogP contribution in [0.1, 0.15) is 40.5 Å². The van der Waals surface area contributed by atoms with Crippen LogP contribution in [0.25, 0.3) is 0 Å². The van der Waals surface area contributed by atoms with Gasteiger partial charge in [0.05, 0.1) is 5.41 Å². The van der Waals surface area contributed by atoms with Gasteiger partial charge in [-0.15, -0.1) is 0 Å². The lowest BCUT2D eigenvalue weighted by Gasteiger charge is -2.26. The van der Waals surface area contributed by atoms with Gasteiger partial charge in [0, 0.05) is 6.04 Å². The number of carbonyl (C=O) groups is 1. The molecule has 1 N–H and O–H groups in total. The van der Waals surface area contributed by atoms with Gasteiger partial charge < -0.3 is 5.32 Å². The molecule has 0 aromatic carbocycles. The predicted molar refractivity (Wildman–Crippen MR) is 56.8 cm³/mol. The second kappa shape index (κ2) is 2.98. The zero-order valence-corrected chi connectivity index (χ0v) is 9.63. The van der Waals surface area contributed by atoms with Gasteiger partial charge in [-0.25, -0.2) is 0 Å². The molecule has 0 bridgehead atoms. The van der Waals surface area contributed by atoms with E-state index in [0.29, 0.717) is 23.8 Å². The van der Waals surface area contributed by atoms with E-state index in [1.807, 2.05) is 0 Å². The van der Waals surface area contributed by atoms with Crippen molar-refractivity contribution in [3.8, 4) is 0 Å². The molecule has 2 aliphatic rings. The number of amides is 1. The minimum absolute atomic E-state index is 0.127. The van der Waals surface area contributed by atoms with Gasteiger partial charge in [-0.3, -0.25) is 4.79 Å². The maximum atomic E-state index is 11.9. The van der Waals surface area contributed by atoms with E-state index in [9.17, 15) is 4.79 Å². The molecule has 0 heterocycles. The number of hydrogen-bond donors (Lipinski definition) is 1. The van der Waals surface area contributed by atoms with Gasteiger partial charge in [-0.05, 0) is 30.6 Å². The molecule has 2 rings (SSSR count). The summed E-state index contributed by atoms with van der Waals surface area (Å²) < 4.78 is 0. The first-order valence-corrected chi connectivity index (χ1v) is 5.78. The summed E-state index contributed by atoms with van der Waals surface area (Å²) >= 11 is 0. The standard InChI is InChI=1S/C12H21NO/c1-7(2)10(8(3)4)13-11(14)12-5-9(12)6-12/h7-10H,5-6H2,1-4H3,(H,13,14). The molecule has 2 nitrogen and oxygen atoms in total. The average Bonchev–Trinajstić information content (AvgIpc) is 2.83. The third-order valence-electron chi connectivity index (χ3n) is 3.87. The summed E-state index contributed by atoms with van der Waals surface area (Å²) in [6.07, 6.45) is 2.31. The van der Waals surface area contributed by atoms with Gasteiger partial charge in [-0.1, -0.05) is 27.7 Å². The Morgan fingerprint density at radius 3 is 1.93 bits per heavy atom. The van der Waals surface area contributed by atoms with E-state index in [0.717, 1.165) is 18.8 Å². The monoisotopic (exact) mass is 195 g/mol. The van der Waals surface area contributed by atoms with E-state index in [1.54, 1.807) is 0 Å². The molecule has 0 saturated heterocycles. The van der Waals surface area contributed by atoms with Crippen molar-refractivity contribution >= 4 is 5.91 Å². The molecule has 2 fully saturated rings. The van der Waals surface area contributed by atoms with Crippen LogP contribution in [0.3, 0.4) is 0 Å². The maximum Gasteiger partial charge on any atom is 0.226 e. The maximum absolute atomic E-state index is 11.9. The number of rotatable bonds is 4. The fourth-order valence-electron chi connectivity index (χ4n) is 2.47. The Hall–Kier alpha value is -0.530. The molecule has 2 aliphatic carbocycles. The largest absolute Gasteiger partial charge is 0.352 e. The molecule has 14 heavy (non-hydrogen) atoms. The Kier molecular flexibility index (Phi) is 2.13. The van der Waals surface area contributed by atoms with Crippen LogP contribution >= 0.6 is 0 Å². The van der Waals surface area contributed by atoms with E-state index in [1.165, 1.54) is 0 Å². The smallest absolute Gasteiger partial charge is 0.226 e. The van der Waals surface area contributed by atoms with Crippen molar-refractivity contribution in [2.45, 2.75) is 46.6 Å². The summed E-state index contributed by atoms with van der Waals surface area (Å²) in [7, 11) is 0. The fraction of sp³-hybridized carbons (Fsp3) is 0.917. The third kappa shape index (κ3) is 1.45. The summed E-state index contributed by atoms with van der Waals surface area (Å²) in [5, 5.41) is 3.22. The van der Waals surface area contributed by atoms with Crippen molar-refractivity contribution < 1.29 is 4.79 Å². The van der Waals surface area contributed by atoms with Crippen molar-refractivity contribution in [3.63, 3.8) is 0 Å². The first-order chi connectivity index (χ1) is 6.47. The number of carbonyl (C=O) groups excluding carboxylic acids is 1. The Labute approximate surface area is 86.5 Å². The number of nitrogens with one attached hydrogen (secondary N) is 1. The zero-order valence-electron chi connectivity index (χ0n) is 9.63. The van der Waals surface area contributed by atoms with Crippen molar-refractivity contribution in [2.75, 3.05) is 0 Å². The van der Waals surface area contributed by atoms with Crippen LogP contribution in [0.5, 0.6) is 0 Å². The van der Waals surface area contributed by atoms with E-state index < -0.39 is 0 Å². The van der Waals surface area contributed by atoms with E-state index in [-0.39, 0.29) is 5.41 Å². The molecular weight excluding hydrogens is 174 g/mol. The van der Waals surface area contributed by atoms with Crippen LogP contribution in [-0.2, 0) is 4.79 Å². The molecule has 1 amide bonds. The van der Waals surface area contributed by atoms with E-state index in [2.05, 4.69) is 33.0 Å². The molecule has 0 aromatic rings. The van der Waals surface area contributed by atoms with Crippen LogP contribution in [0.2, 0.25) is 0 Å². The van der Waals surface area contributed by atoms with Crippen molar-refractivity contribution in [3.05, 3.63) is 0 Å². The minimum atomic E-state index is 0.127. The Balaban J connectivity index is 1.90. The van der Waals surface area contributed by atoms with Crippen LogP contribution in [-0.4, -0.2) is 11.9 Å². The van der Waals surface area contributed by atoms with Gasteiger partial charge >= 0.3 is 0 Å². The van der Waals surface area contributed by atoms with Crippen LogP contribution < -0.4 is 5.32 Å². The zero-order chi connectivity index (χ0) is 10.5. The lowest BCUT2D eigenvalue weighted by atomic mass is 9.93. The van der Waals surface area contributed by atoms with E-state index in [4.69, 9.17) is 0 Å². The highest BCUT2D eigenvalue weighted by Crippen LogP contribution is 2.75. The highest BCUT2D eigenvalue weighted by Gasteiger charge is 2.74. The Bertz CT molecular complexity index is 243. The van der Waals surface area contributed by atoms with Crippen LogP contribution in [0.4, 0.5) is 0 Å². The van der Waals surface area contributed by atoms with Crippen LogP contribution in [0, 0.1) is 23.2 Å². The van der Waals surface area contributed by atoms with Gasteiger partial charge in [0.15, 0.2) is 0 Å². The number of hydrogen-bond acceptors (Lipinski definition) is 1. The Morgan fingerprint density at radius 2 is 1.64 bits per heavy atom. The van der Waals surface area contributed by atoms with Crippen molar-refractivity contribution in [2.24, 2.45) is 23.2 Å². The Morgan fingerprint density at radius 1 is 1.21 bits per heavy atom. The second-order valence-corrected chi connectivity index (χ2v) is 5.75. The molecule has 0 aliphatic heterocycles. The second-order valence-electron chi connectivity index (χ2n) is 5.75. The fourth-order valence-corrected chi connectivity index (χ4v) is 2.47. The third-order valence-corrected chi connectivity index (χ3v) is 3.87. The SMILES string of the molecule is CC(C)C(NC(=O)C12CC1C2)C(C)C. The van der Waals surface area contributed by atoms with Crippen molar-refractivity contribution in [1.82, 2.24) is 5.32 Å². The average molecular weight is 195 g/mol. The molecule has 0 unspecified atom stereocenters. The normalized spacial score (nSPS) is 33.5. The number of fused-ring (bicyclic) bond motifs is 1. The molecule has 0 aromatic heterocycles. The molecule has 0 radical (unpaired) electrons. The first-order valence-electron chi connectivity index (χ1n) is 5.78. The molecular formula is C12H21NO. The first kappa shape index (κ1) is 10.0. The quantitative estimate of drug-likeness (QED) is 0.732. The predicted octanol–water partition coefficient (Wildman–Crippen LogP) is 2.19. The molecule has 2 heteroatoms. The van der Waals surface area contributed by atoms with Gasteiger partial charge in [-0.2, -0.15) is 0 Å². The van der Waals surface area contributed by atoms with Crippen LogP contribution in [0.15, 0.2) is 0 Å². The van der Waals surface area contributed by atoms with Gasteiger partial charge in [0.2, 0.25) is 5.91 Å². The molecule has 2 saturated carbocycles. The lowest BCUT2D eigenvalue weighted by molar-refractivity contribution is -0.125. The summed E-state index contributed by atoms with van der Waals surface area (Å²) in [6, 6.07) is 0.346. The summed E-state index contributed by atoms with van der Waals surface area (Å²) in [6.45, 7) is 8.72. The highest BCUT2D eigenvalue weighted by molar-refractivity contribution is 5.90. The summed E-state index contributed by atoms with van der Waals surface area (Å²) in [4.78, 5) is 11.9.